The lowest BCUT2D eigenvalue weighted by Gasteiger charge is -2.42. The van der Waals surface area contributed by atoms with E-state index in [-0.39, 0.29) is 34.3 Å². The minimum Gasteiger partial charge on any atom is -0.423 e. The Morgan fingerprint density at radius 1 is 1.15 bits per heavy atom. The zero-order valence-electron chi connectivity index (χ0n) is 14.6. The number of nitrogens with zero attached hydrogens (tertiary/aromatic N) is 2. The molecule has 0 spiro atoms. The first kappa shape index (κ1) is 17.7. The van der Waals surface area contributed by atoms with E-state index in [2.05, 4.69) is 0 Å². The van der Waals surface area contributed by atoms with E-state index in [1.165, 1.54) is 18.2 Å². The fourth-order valence-electron chi connectivity index (χ4n) is 4.29. The van der Waals surface area contributed by atoms with Crippen molar-refractivity contribution in [1.82, 2.24) is 9.47 Å². The van der Waals surface area contributed by atoms with Gasteiger partial charge in [-0.15, -0.1) is 0 Å². The molecule has 1 amide bonds. The van der Waals surface area contributed by atoms with Crippen LogP contribution >= 0.6 is 0 Å². The maximum atomic E-state index is 13.0. The van der Waals surface area contributed by atoms with Crippen molar-refractivity contribution in [1.29, 1.82) is 0 Å². The molecule has 2 aliphatic heterocycles. The molecule has 1 aromatic heterocycles. The molecule has 3 heterocycles. The molecule has 2 atom stereocenters. The van der Waals surface area contributed by atoms with Gasteiger partial charge in [0.25, 0.3) is 11.5 Å². The van der Waals surface area contributed by atoms with Crippen LogP contribution in [0.15, 0.2) is 41.2 Å². The zero-order chi connectivity index (χ0) is 19.1. The van der Waals surface area contributed by atoms with E-state index in [9.17, 15) is 24.4 Å². The highest BCUT2D eigenvalue weighted by atomic mass is 16.4. The molecule has 0 saturated carbocycles. The summed E-state index contributed by atoms with van der Waals surface area (Å²) in [5.74, 6) is 0.127. The summed E-state index contributed by atoms with van der Waals surface area (Å²) < 4.78 is 1.81. The highest BCUT2D eigenvalue weighted by molar-refractivity contribution is 6.60. The number of amides is 1. The molecule has 0 aliphatic carbocycles. The maximum absolute atomic E-state index is 13.0. The van der Waals surface area contributed by atoms with E-state index in [0.29, 0.717) is 31.5 Å². The van der Waals surface area contributed by atoms with Gasteiger partial charge < -0.3 is 19.5 Å². The van der Waals surface area contributed by atoms with E-state index >= 15 is 0 Å². The molecule has 1 fully saturated rings. The molecular weight excluding hydrogens is 347 g/mol. The lowest BCUT2D eigenvalue weighted by atomic mass is 9.76. The second kappa shape index (κ2) is 6.79. The molecule has 2 bridgehead atoms. The minimum atomic E-state index is -1.77. The summed E-state index contributed by atoms with van der Waals surface area (Å²) >= 11 is 0. The molecule has 27 heavy (non-hydrogen) atoms. The predicted molar refractivity (Wildman–Crippen MR) is 99.1 cm³/mol. The number of rotatable bonds is 3. The SMILES string of the molecule is O=Cc1cc(C(=O)N2C[C@@H]3C[C@H](C2)c2cccc(=O)n2C3)ccc1B(O)O. The van der Waals surface area contributed by atoms with Gasteiger partial charge in [0.15, 0.2) is 0 Å². The Labute approximate surface area is 156 Å². The number of hydrogen-bond acceptors (Lipinski definition) is 5. The summed E-state index contributed by atoms with van der Waals surface area (Å²) in [7, 11) is -1.77. The molecule has 2 aromatic rings. The lowest BCUT2D eigenvalue weighted by molar-refractivity contribution is 0.0594. The van der Waals surface area contributed by atoms with Crippen LogP contribution in [-0.4, -0.2) is 51.9 Å². The summed E-state index contributed by atoms with van der Waals surface area (Å²) in [5, 5.41) is 18.6. The zero-order valence-corrected chi connectivity index (χ0v) is 14.6. The lowest BCUT2D eigenvalue weighted by Crippen LogP contribution is -2.49. The standard InChI is InChI=1S/C19H19BN2O5/c23-11-15-7-13(4-5-16(15)20(26)27)19(25)21-8-12-6-14(10-21)17-2-1-3-18(24)22(17)9-12/h1-5,7,11-12,14,26-27H,6,8-10H2/t12-,14+/m0/s1. The van der Waals surface area contributed by atoms with Crippen LogP contribution in [0, 0.1) is 5.92 Å². The summed E-state index contributed by atoms with van der Waals surface area (Å²) in [6.07, 6.45) is 1.46. The Morgan fingerprint density at radius 3 is 2.70 bits per heavy atom. The van der Waals surface area contributed by atoms with E-state index < -0.39 is 7.12 Å². The van der Waals surface area contributed by atoms with Crippen LogP contribution in [0.25, 0.3) is 0 Å². The van der Waals surface area contributed by atoms with Gasteiger partial charge in [0.1, 0.15) is 6.29 Å². The summed E-state index contributed by atoms with van der Waals surface area (Å²) in [6.45, 7) is 1.67. The van der Waals surface area contributed by atoms with Crippen molar-refractivity contribution in [2.24, 2.45) is 5.92 Å². The maximum Gasteiger partial charge on any atom is 0.489 e. The number of likely N-dealkylation sites (tertiary alicyclic amines) is 1. The highest BCUT2D eigenvalue weighted by Crippen LogP contribution is 2.35. The van der Waals surface area contributed by atoms with E-state index in [4.69, 9.17) is 0 Å². The number of hydrogen-bond donors (Lipinski definition) is 2. The van der Waals surface area contributed by atoms with E-state index in [1.807, 2.05) is 10.6 Å². The minimum absolute atomic E-state index is 0.00393. The first-order chi connectivity index (χ1) is 13.0. The molecule has 2 aliphatic rings. The van der Waals surface area contributed by atoms with Crippen LogP contribution in [0.5, 0.6) is 0 Å². The van der Waals surface area contributed by atoms with Gasteiger partial charge in [0.05, 0.1) is 0 Å². The van der Waals surface area contributed by atoms with Crippen molar-refractivity contribution in [3.05, 3.63) is 63.6 Å². The number of carbonyl (C=O) groups is 2. The van der Waals surface area contributed by atoms with Crippen molar-refractivity contribution in [2.45, 2.75) is 18.9 Å². The molecular formula is C19H19BN2O5. The number of pyridine rings is 1. The van der Waals surface area contributed by atoms with Crippen molar-refractivity contribution < 1.29 is 19.6 Å². The average molecular weight is 366 g/mol. The topological polar surface area (TPSA) is 99.8 Å². The van der Waals surface area contributed by atoms with Crippen molar-refractivity contribution in [3.8, 4) is 0 Å². The van der Waals surface area contributed by atoms with Crippen molar-refractivity contribution >= 4 is 24.8 Å². The summed E-state index contributed by atoms with van der Waals surface area (Å²) in [6, 6.07) is 9.55. The molecule has 8 heteroatoms. The third-order valence-electron chi connectivity index (χ3n) is 5.51. The first-order valence-electron chi connectivity index (χ1n) is 8.92. The third kappa shape index (κ3) is 3.11. The molecule has 7 nitrogen and oxygen atoms in total. The quantitative estimate of drug-likeness (QED) is 0.569. The second-order valence-electron chi connectivity index (χ2n) is 7.24. The van der Waals surface area contributed by atoms with Crippen molar-refractivity contribution in [3.63, 3.8) is 0 Å². The normalized spacial score (nSPS) is 20.7. The number of carbonyl (C=O) groups excluding carboxylic acids is 2. The monoisotopic (exact) mass is 366 g/mol. The number of aldehydes is 1. The number of piperidine rings is 1. The van der Waals surface area contributed by atoms with Gasteiger partial charge in [-0.25, -0.2) is 0 Å². The Hall–Kier alpha value is -2.71. The van der Waals surface area contributed by atoms with Crippen LogP contribution in [0.2, 0.25) is 0 Å². The number of fused-ring (bicyclic) bond motifs is 4. The van der Waals surface area contributed by atoms with Gasteiger partial charge in [0.2, 0.25) is 0 Å². The van der Waals surface area contributed by atoms with E-state index in [0.717, 1.165) is 12.1 Å². The average Bonchev–Trinajstić information content (AvgIpc) is 2.67. The highest BCUT2D eigenvalue weighted by Gasteiger charge is 2.36. The van der Waals surface area contributed by atoms with Crippen LogP contribution in [0.3, 0.4) is 0 Å². The first-order valence-corrected chi connectivity index (χ1v) is 8.92. The smallest absolute Gasteiger partial charge is 0.423 e. The third-order valence-corrected chi connectivity index (χ3v) is 5.51. The van der Waals surface area contributed by atoms with E-state index in [1.54, 1.807) is 17.0 Å². The van der Waals surface area contributed by atoms with Crippen LogP contribution in [0.4, 0.5) is 0 Å². The van der Waals surface area contributed by atoms with Gasteiger partial charge in [0, 0.05) is 48.4 Å². The summed E-state index contributed by atoms with van der Waals surface area (Å²) in [4.78, 5) is 38.1. The second-order valence-corrected chi connectivity index (χ2v) is 7.24. The van der Waals surface area contributed by atoms with Gasteiger partial charge in [-0.3, -0.25) is 14.4 Å². The fraction of sp³-hybridized carbons (Fsp3) is 0.316. The van der Waals surface area contributed by atoms with Gasteiger partial charge in [-0.2, -0.15) is 0 Å². The largest absolute Gasteiger partial charge is 0.489 e. The Morgan fingerprint density at radius 2 is 1.96 bits per heavy atom. The molecule has 2 N–H and O–H groups in total. The Kier molecular flexibility index (Phi) is 4.45. The molecule has 1 aromatic carbocycles. The number of aromatic nitrogens is 1. The summed E-state index contributed by atoms with van der Waals surface area (Å²) in [5.41, 5.74) is 1.46. The fourth-order valence-corrected chi connectivity index (χ4v) is 4.29. The molecule has 1 saturated heterocycles. The molecule has 0 unspecified atom stereocenters. The van der Waals surface area contributed by atoms with Gasteiger partial charge in [-0.05, 0) is 36.0 Å². The van der Waals surface area contributed by atoms with Gasteiger partial charge in [-0.1, -0.05) is 12.1 Å². The van der Waals surface area contributed by atoms with Gasteiger partial charge >= 0.3 is 7.12 Å². The van der Waals surface area contributed by atoms with Crippen LogP contribution in [0.1, 0.15) is 38.7 Å². The molecule has 138 valence electrons. The van der Waals surface area contributed by atoms with Crippen LogP contribution < -0.4 is 11.0 Å². The Balaban J connectivity index is 1.61. The van der Waals surface area contributed by atoms with Crippen molar-refractivity contribution in [2.75, 3.05) is 13.1 Å². The Bertz CT molecular complexity index is 971. The molecule has 0 radical (unpaired) electrons. The van der Waals surface area contributed by atoms with Crippen LogP contribution in [-0.2, 0) is 6.54 Å². The molecule has 4 rings (SSSR count). The predicted octanol–water partition coefficient (Wildman–Crippen LogP) is -0.400. The number of benzene rings is 1.